The van der Waals surface area contributed by atoms with Crippen LogP contribution in [-0.4, -0.2) is 43.1 Å². The molecule has 6 nitrogen and oxygen atoms in total. The summed E-state index contributed by atoms with van der Waals surface area (Å²) in [5.74, 6) is 1.30. The van der Waals surface area contributed by atoms with Crippen molar-refractivity contribution in [3.05, 3.63) is 24.5 Å². The summed E-state index contributed by atoms with van der Waals surface area (Å²) in [5.41, 5.74) is 0. The van der Waals surface area contributed by atoms with Gasteiger partial charge in [-0.3, -0.25) is 9.79 Å². The van der Waals surface area contributed by atoms with E-state index in [1.54, 1.807) is 7.05 Å². The molecule has 3 N–H and O–H groups in total. The van der Waals surface area contributed by atoms with Gasteiger partial charge in [0, 0.05) is 51.5 Å². The first-order chi connectivity index (χ1) is 10.8. The monoisotopic (exact) mass is 433 g/mol. The lowest BCUT2D eigenvalue weighted by molar-refractivity contribution is -0.127. The molecular formula is C16H28IN5O. The van der Waals surface area contributed by atoms with Gasteiger partial charge in [0.2, 0.25) is 5.91 Å². The summed E-state index contributed by atoms with van der Waals surface area (Å²) in [6.45, 7) is 3.26. The van der Waals surface area contributed by atoms with E-state index < -0.39 is 0 Å². The molecule has 0 spiro atoms. The smallest absolute Gasteiger partial charge is 0.223 e. The number of carbonyl (C=O) groups is 1. The Bertz CT molecular complexity index is 471. The largest absolute Gasteiger partial charge is 0.356 e. The number of aromatic nitrogens is 1. The van der Waals surface area contributed by atoms with Crippen LogP contribution >= 0.6 is 24.0 Å². The van der Waals surface area contributed by atoms with Gasteiger partial charge in [-0.25, -0.2) is 0 Å². The van der Waals surface area contributed by atoms with Crippen LogP contribution in [0, 0.1) is 5.92 Å². The molecule has 1 aliphatic rings. The molecule has 0 atom stereocenters. The minimum atomic E-state index is 0. The van der Waals surface area contributed by atoms with Crippen molar-refractivity contribution in [1.82, 2.24) is 20.5 Å². The van der Waals surface area contributed by atoms with Gasteiger partial charge >= 0.3 is 0 Å². The number of nitrogens with zero attached hydrogens (tertiary/aromatic N) is 2. The predicted molar refractivity (Wildman–Crippen MR) is 104 cm³/mol. The highest BCUT2D eigenvalue weighted by Gasteiger charge is 2.24. The number of hydrogen-bond acceptors (Lipinski definition) is 2. The Morgan fingerprint density at radius 2 is 1.78 bits per heavy atom. The van der Waals surface area contributed by atoms with Gasteiger partial charge in [0.05, 0.1) is 0 Å². The van der Waals surface area contributed by atoms with Crippen molar-refractivity contribution in [3.8, 4) is 0 Å². The highest BCUT2D eigenvalue weighted by molar-refractivity contribution is 14.0. The third-order valence-corrected chi connectivity index (χ3v) is 3.97. The van der Waals surface area contributed by atoms with Crippen molar-refractivity contribution in [3.63, 3.8) is 0 Å². The first-order valence-corrected chi connectivity index (χ1v) is 8.12. The van der Waals surface area contributed by atoms with E-state index >= 15 is 0 Å². The third kappa shape index (κ3) is 7.24. The Labute approximate surface area is 155 Å². The summed E-state index contributed by atoms with van der Waals surface area (Å²) in [5, 5.41) is 9.53. The van der Waals surface area contributed by atoms with Gasteiger partial charge in [-0.05, 0) is 31.4 Å². The fraction of sp³-hybridized carbons (Fsp3) is 0.625. The van der Waals surface area contributed by atoms with Crippen LogP contribution < -0.4 is 16.0 Å². The molecule has 0 saturated heterocycles. The van der Waals surface area contributed by atoms with Crippen molar-refractivity contribution in [2.75, 3.05) is 26.7 Å². The average molecular weight is 433 g/mol. The van der Waals surface area contributed by atoms with Crippen molar-refractivity contribution >= 4 is 35.8 Å². The Hall–Kier alpha value is -1.25. The SMILES string of the molecule is CN=C(NCCCNC(=O)C1CCC1)NCCn1cccc1.I. The lowest BCUT2D eigenvalue weighted by Crippen LogP contribution is -2.40. The van der Waals surface area contributed by atoms with Gasteiger partial charge in [0.25, 0.3) is 0 Å². The minimum Gasteiger partial charge on any atom is -0.356 e. The fourth-order valence-electron chi connectivity index (χ4n) is 2.36. The maximum Gasteiger partial charge on any atom is 0.223 e. The van der Waals surface area contributed by atoms with E-state index in [4.69, 9.17) is 0 Å². The second kappa shape index (κ2) is 11.3. The fourth-order valence-corrected chi connectivity index (χ4v) is 2.36. The lowest BCUT2D eigenvalue weighted by Gasteiger charge is -2.24. The lowest BCUT2D eigenvalue weighted by atomic mass is 9.85. The molecule has 7 heteroatoms. The molecule has 1 aliphatic carbocycles. The molecule has 23 heavy (non-hydrogen) atoms. The van der Waals surface area contributed by atoms with Crippen LogP contribution in [-0.2, 0) is 11.3 Å². The maximum absolute atomic E-state index is 11.7. The number of hydrogen-bond donors (Lipinski definition) is 3. The van der Waals surface area contributed by atoms with E-state index in [1.165, 1.54) is 6.42 Å². The number of halogens is 1. The van der Waals surface area contributed by atoms with E-state index in [1.807, 2.05) is 24.5 Å². The topological polar surface area (TPSA) is 70.4 Å². The summed E-state index contributed by atoms with van der Waals surface area (Å²) >= 11 is 0. The van der Waals surface area contributed by atoms with Crippen molar-refractivity contribution in [2.24, 2.45) is 10.9 Å². The van der Waals surface area contributed by atoms with Crippen LogP contribution in [0.2, 0.25) is 0 Å². The molecule has 0 bridgehead atoms. The second-order valence-electron chi connectivity index (χ2n) is 5.62. The van der Waals surface area contributed by atoms with Crippen molar-refractivity contribution in [2.45, 2.75) is 32.2 Å². The highest BCUT2D eigenvalue weighted by Crippen LogP contribution is 2.25. The summed E-state index contributed by atoms with van der Waals surface area (Å²) in [7, 11) is 1.77. The van der Waals surface area contributed by atoms with Crippen molar-refractivity contribution in [1.29, 1.82) is 0 Å². The zero-order valence-corrected chi connectivity index (χ0v) is 16.1. The van der Waals surface area contributed by atoms with Crippen LogP contribution in [0.25, 0.3) is 0 Å². The van der Waals surface area contributed by atoms with E-state index in [0.717, 1.165) is 51.4 Å². The normalized spacial score (nSPS) is 14.6. The quantitative estimate of drug-likeness (QED) is 0.252. The number of amides is 1. The van der Waals surface area contributed by atoms with Gasteiger partial charge in [0.15, 0.2) is 5.96 Å². The number of rotatable bonds is 8. The Morgan fingerprint density at radius 1 is 1.13 bits per heavy atom. The molecule has 1 aromatic rings. The zero-order chi connectivity index (χ0) is 15.6. The maximum atomic E-state index is 11.7. The minimum absolute atomic E-state index is 0. The van der Waals surface area contributed by atoms with E-state index in [2.05, 4.69) is 25.5 Å². The molecule has 0 unspecified atom stereocenters. The molecule has 1 saturated carbocycles. The molecule has 0 radical (unpaired) electrons. The summed E-state index contributed by atoms with van der Waals surface area (Å²) < 4.78 is 2.12. The van der Waals surface area contributed by atoms with Crippen LogP contribution in [0.3, 0.4) is 0 Å². The zero-order valence-electron chi connectivity index (χ0n) is 13.8. The third-order valence-electron chi connectivity index (χ3n) is 3.97. The Morgan fingerprint density at radius 3 is 2.39 bits per heavy atom. The number of guanidine groups is 1. The molecular weight excluding hydrogens is 405 g/mol. The van der Waals surface area contributed by atoms with E-state index in [-0.39, 0.29) is 35.8 Å². The summed E-state index contributed by atoms with van der Waals surface area (Å²) in [4.78, 5) is 15.9. The van der Waals surface area contributed by atoms with Crippen molar-refractivity contribution < 1.29 is 4.79 Å². The molecule has 130 valence electrons. The molecule has 0 aliphatic heterocycles. The highest BCUT2D eigenvalue weighted by atomic mass is 127. The standard InChI is InChI=1S/C16H27N5O.HI/c1-17-16(20-10-13-21-11-2-3-12-21)19-9-5-8-18-15(22)14-6-4-7-14;/h2-3,11-12,14H,4-10,13H2,1H3,(H,18,22)(H2,17,19,20);1H. The molecule has 2 rings (SSSR count). The first kappa shape index (κ1) is 19.8. The van der Waals surface area contributed by atoms with Gasteiger partial charge < -0.3 is 20.5 Å². The van der Waals surface area contributed by atoms with Gasteiger partial charge in [-0.1, -0.05) is 6.42 Å². The predicted octanol–water partition coefficient (Wildman–Crippen LogP) is 1.58. The molecule has 1 amide bonds. The number of carbonyl (C=O) groups excluding carboxylic acids is 1. The van der Waals surface area contributed by atoms with Gasteiger partial charge in [-0.15, -0.1) is 24.0 Å². The Kier molecular flexibility index (Phi) is 9.74. The summed E-state index contributed by atoms with van der Waals surface area (Å²) in [6.07, 6.45) is 8.30. The molecule has 0 aromatic carbocycles. The van der Waals surface area contributed by atoms with Crippen LogP contribution in [0.5, 0.6) is 0 Å². The van der Waals surface area contributed by atoms with E-state index in [9.17, 15) is 4.79 Å². The molecule has 1 fully saturated rings. The second-order valence-corrected chi connectivity index (χ2v) is 5.62. The number of nitrogens with one attached hydrogen (secondary N) is 3. The van der Waals surface area contributed by atoms with Crippen LogP contribution in [0.4, 0.5) is 0 Å². The van der Waals surface area contributed by atoms with Crippen LogP contribution in [0.1, 0.15) is 25.7 Å². The Balaban J connectivity index is 0.00000264. The van der Waals surface area contributed by atoms with Gasteiger partial charge in [-0.2, -0.15) is 0 Å². The number of aliphatic imine (C=N–C) groups is 1. The van der Waals surface area contributed by atoms with Crippen LogP contribution in [0.15, 0.2) is 29.5 Å². The average Bonchev–Trinajstić information content (AvgIpc) is 2.96. The first-order valence-electron chi connectivity index (χ1n) is 8.12. The molecule has 1 heterocycles. The molecule has 1 aromatic heterocycles. The van der Waals surface area contributed by atoms with Gasteiger partial charge in [0.1, 0.15) is 0 Å². The summed E-state index contributed by atoms with van der Waals surface area (Å²) in [6, 6.07) is 4.04. The van der Waals surface area contributed by atoms with E-state index in [0.29, 0.717) is 0 Å².